The minimum atomic E-state index is -0.105. The van der Waals surface area contributed by atoms with Gasteiger partial charge in [0, 0.05) is 18.1 Å². The smallest absolute Gasteiger partial charge is 0.213 e. The molecule has 0 amide bonds. The second-order valence-electron chi connectivity index (χ2n) is 4.15. The highest BCUT2D eigenvalue weighted by atomic mass is 32.1. The summed E-state index contributed by atoms with van der Waals surface area (Å²) in [6, 6.07) is 9.75. The van der Waals surface area contributed by atoms with Crippen molar-refractivity contribution in [1.29, 1.82) is 0 Å². The number of benzene rings is 1. The molecule has 2 aromatic heterocycles. The first-order valence-electron chi connectivity index (χ1n) is 6.06. The summed E-state index contributed by atoms with van der Waals surface area (Å²) in [6.07, 6.45) is 1.82. The molecule has 0 radical (unpaired) electrons. The Balaban J connectivity index is 2.23. The van der Waals surface area contributed by atoms with Gasteiger partial charge in [-0.1, -0.05) is 41.7 Å². The molecule has 2 heterocycles. The normalized spacial score (nSPS) is 10.7. The number of carbonyl (C=O) groups excluding carboxylic acids is 1. The molecular formula is C14H11N3O2S. The van der Waals surface area contributed by atoms with Crippen molar-refractivity contribution in [3.05, 3.63) is 47.1 Å². The molecule has 20 heavy (non-hydrogen) atoms. The summed E-state index contributed by atoms with van der Waals surface area (Å²) >= 11 is 1.34. The molecule has 3 aromatic rings. The van der Waals surface area contributed by atoms with Crippen LogP contribution in [-0.2, 0) is 17.8 Å². The van der Waals surface area contributed by atoms with E-state index in [1.165, 1.54) is 17.4 Å². The van der Waals surface area contributed by atoms with E-state index in [1.807, 2.05) is 30.3 Å². The molecule has 0 saturated heterocycles. The van der Waals surface area contributed by atoms with Gasteiger partial charge in [0.2, 0.25) is 4.96 Å². The van der Waals surface area contributed by atoms with Crippen molar-refractivity contribution in [2.75, 3.05) is 0 Å². The highest BCUT2D eigenvalue weighted by Crippen LogP contribution is 2.28. The third-order valence-corrected chi connectivity index (χ3v) is 3.77. The van der Waals surface area contributed by atoms with Crippen molar-refractivity contribution in [2.45, 2.75) is 13.0 Å². The van der Waals surface area contributed by atoms with Crippen LogP contribution >= 0.6 is 11.3 Å². The zero-order chi connectivity index (χ0) is 13.9. The summed E-state index contributed by atoms with van der Waals surface area (Å²) in [7, 11) is 0. The van der Waals surface area contributed by atoms with Gasteiger partial charge in [-0.3, -0.25) is 0 Å². The molecule has 0 bridgehead atoms. The van der Waals surface area contributed by atoms with Gasteiger partial charge in [0.05, 0.1) is 18.0 Å². The number of hydrogen-bond donors (Lipinski definition) is 1. The number of allylic oxidation sites excluding steroid dienone is 1. The largest absolute Gasteiger partial charge is 0.389 e. The second-order valence-corrected chi connectivity index (χ2v) is 5.19. The summed E-state index contributed by atoms with van der Waals surface area (Å²) in [5, 5.41) is 14.1. The van der Waals surface area contributed by atoms with Crippen LogP contribution in [0.15, 0.2) is 36.4 Å². The molecule has 0 fully saturated rings. The molecule has 100 valence electrons. The summed E-state index contributed by atoms with van der Waals surface area (Å²) in [4.78, 5) is 15.6. The number of aliphatic hydroxyl groups excluding tert-OH is 1. The SMILES string of the molecule is O=C=CCc1nc2sc(CO)nn2c1-c1ccccc1. The molecule has 0 aliphatic carbocycles. The molecule has 0 aliphatic heterocycles. The maximum absolute atomic E-state index is 10.4. The predicted octanol–water partition coefficient (Wildman–Crippen LogP) is 1.88. The lowest BCUT2D eigenvalue weighted by molar-refractivity contribution is 0.280. The lowest BCUT2D eigenvalue weighted by atomic mass is 10.1. The Kier molecular flexibility index (Phi) is 3.43. The van der Waals surface area contributed by atoms with Crippen LogP contribution in [0.25, 0.3) is 16.2 Å². The van der Waals surface area contributed by atoms with Crippen LogP contribution in [0, 0.1) is 0 Å². The van der Waals surface area contributed by atoms with Gasteiger partial charge in [-0.2, -0.15) is 5.10 Å². The van der Waals surface area contributed by atoms with Gasteiger partial charge in [0.1, 0.15) is 10.9 Å². The fraction of sp³-hybridized carbons (Fsp3) is 0.143. The maximum atomic E-state index is 10.4. The third kappa shape index (κ3) is 2.16. The minimum absolute atomic E-state index is 0.105. The van der Waals surface area contributed by atoms with E-state index in [9.17, 15) is 9.90 Å². The van der Waals surface area contributed by atoms with E-state index in [-0.39, 0.29) is 6.61 Å². The molecule has 6 heteroatoms. The molecule has 0 saturated carbocycles. The van der Waals surface area contributed by atoms with Gasteiger partial charge in [-0.05, 0) is 0 Å². The van der Waals surface area contributed by atoms with Crippen molar-refractivity contribution < 1.29 is 9.90 Å². The second kappa shape index (κ2) is 5.38. The first-order chi connectivity index (χ1) is 9.83. The Morgan fingerprint density at radius 2 is 2.15 bits per heavy atom. The molecule has 0 aliphatic rings. The van der Waals surface area contributed by atoms with E-state index < -0.39 is 0 Å². The van der Waals surface area contributed by atoms with E-state index in [1.54, 1.807) is 10.5 Å². The monoisotopic (exact) mass is 285 g/mol. The van der Waals surface area contributed by atoms with Gasteiger partial charge < -0.3 is 5.11 Å². The van der Waals surface area contributed by atoms with Gasteiger partial charge in [-0.25, -0.2) is 14.3 Å². The average Bonchev–Trinajstić information content (AvgIpc) is 3.02. The first kappa shape index (κ1) is 12.7. The standard InChI is InChI=1S/C14H11N3O2S/c18-8-4-7-11-13(10-5-2-1-3-6-10)17-14(15-11)20-12(9-19)16-17/h1-6,19H,7,9H2. The van der Waals surface area contributed by atoms with E-state index in [4.69, 9.17) is 0 Å². The number of hydrogen-bond acceptors (Lipinski definition) is 5. The van der Waals surface area contributed by atoms with E-state index in [0.29, 0.717) is 16.4 Å². The highest BCUT2D eigenvalue weighted by molar-refractivity contribution is 7.16. The number of rotatable bonds is 4. The summed E-state index contributed by atoms with van der Waals surface area (Å²) < 4.78 is 1.72. The average molecular weight is 285 g/mol. The maximum Gasteiger partial charge on any atom is 0.213 e. The Morgan fingerprint density at radius 1 is 1.35 bits per heavy atom. The van der Waals surface area contributed by atoms with Crippen LogP contribution in [-0.4, -0.2) is 25.6 Å². The summed E-state index contributed by atoms with van der Waals surface area (Å²) in [5.41, 5.74) is 2.61. The van der Waals surface area contributed by atoms with Crippen molar-refractivity contribution in [2.24, 2.45) is 0 Å². The third-order valence-electron chi connectivity index (χ3n) is 2.88. The lowest BCUT2D eigenvalue weighted by Crippen LogP contribution is -1.94. The van der Waals surface area contributed by atoms with Crippen molar-refractivity contribution in [1.82, 2.24) is 14.6 Å². The Hall–Kier alpha value is -2.27. The minimum Gasteiger partial charge on any atom is -0.389 e. The molecule has 0 atom stereocenters. The molecule has 0 unspecified atom stereocenters. The molecular weight excluding hydrogens is 274 g/mol. The van der Waals surface area contributed by atoms with Gasteiger partial charge in [-0.15, -0.1) is 0 Å². The zero-order valence-electron chi connectivity index (χ0n) is 10.5. The molecule has 3 rings (SSSR count). The van der Waals surface area contributed by atoms with Crippen LogP contribution < -0.4 is 0 Å². The first-order valence-corrected chi connectivity index (χ1v) is 6.88. The Morgan fingerprint density at radius 3 is 2.85 bits per heavy atom. The zero-order valence-corrected chi connectivity index (χ0v) is 11.3. The molecule has 5 nitrogen and oxygen atoms in total. The van der Waals surface area contributed by atoms with Crippen molar-refractivity contribution >= 4 is 22.2 Å². The number of imidazole rings is 1. The fourth-order valence-electron chi connectivity index (χ4n) is 2.06. The number of nitrogens with zero attached hydrogens (tertiary/aromatic N) is 3. The highest BCUT2D eigenvalue weighted by Gasteiger charge is 2.17. The lowest BCUT2D eigenvalue weighted by Gasteiger charge is -2.01. The van der Waals surface area contributed by atoms with Crippen LogP contribution in [0.4, 0.5) is 0 Å². The number of aromatic nitrogens is 3. The van der Waals surface area contributed by atoms with E-state index in [0.717, 1.165) is 17.0 Å². The molecule has 0 spiro atoms. The number of fused-ring (bicyclic) bond motifs is 1. The summed E-state index contributed by atoms with van der Waals surface area (Å²) in [5.74, 6) is 1.77. The molecule has 1 N–H and O–H groups in total. The quantitative estimate of drug-likeness (QED) is 0.743. The van der Waals surface area contributed by atoms with E-state index in [2.05, 4.69) is 10.1 Å². The van der Waals surface area contributed by atoms with Crippen molar-refractivity contribution in [3.63, 3.8) is 0 Å². The Bertz CT molecular complexity index is 785. The van der Waals surface area contributed by atoms with Crippen LogP contribution in [0.1, 0.15) is 10.7 Å². The van der Waals surface area contributed by atoms with Crippen LogP contribution in [0.5, 0.6) is 0 Å². The van der Waals surface area contributed by atoms with Crippen LogP contribution in [0.3, 0.4) is 0 Å². The van der Waals surface area contributed by atoms with Gasteiger partial charge in [0.15, 0.2) is 0 Å². The van der Waals surface area contributed by atoms with Gasteiger partial charge in [0.25, 0.3) is 0 Å². The summed E-state index contributed by atoms with van der Waals surface area (Å²) in [6.45, 7) is -0.105. The van der Waals surface area contributed by atoms with E-state index >= 15 is 0 Å². The molecule has 1 aromatic carbocycles. The fourth-order valence-corrected chi connectivity index (χ4v) is 2.83. The van der Waals surface area contributed by atoms with Crippen molar-refractivity contribution in [3.8, 4) is 11.3 Å². The topological polar surface area (TPSA) is 67.5 Å². The van der Waals surface area contributed by atoms with Gasteiger partial charge >= 0.3 is 0 Å². The predicted molar refractivity (Wildman–Crippen MR) is 76.2 cm³/mol. The number of aliphatic hydroxyl groups is 1. The van der Waals surface area contributed by atoms with Crippen LogP contribution in [0.2, 0.25) is 0 Å². The Labute approximate surface area is 118 Å².